The van der Waals surface area contributed by atoms with Crippen LogP contribution < -0.4 is 5.32 Å². The number of phenols is 1. The van der Waals surface area contributed by atoms with Gasteiger partial charge in [-0.05, 0) is 35.4 Å². The maximum absolute atomic E-state index is 13.4. The molecule has 1 aliphatic heterocycles. The van der Waals surface area contributed by atoms with Gasteiger partial charge in [0, 0.05) is 31.7 Å². The highest BCUT2D eigenvalue weighted by atomic mass is 19.1. The van der Waals surface area contributed by atoms with Gasteiger partial charge in [-0.3, -0.25) is 9.69 Å². The molecule has 0 saturated carbocycles. The minimum Gasteiger partial charge on any atom is -0.505 e. The average molecular weight is 344 g/mol. The van der Waals surface area contributed by atoms with E-state index in [-0.39, 0.29) is 11.7 Å². The molecule has 1 heterocycles. The van der Waals surface area contributed by atoms with Crippen LogP contribution in [0.4, 0.5) is 4.39 Å². The second kappa shape index (κ2) is 8.09. The number of rotatable bonds is 5. The van der Waals surface area contributed by atoms with Crippen molar-refractivity contribution in [1.29, 1.82) is 0 Å². The third kappa shape index (κ3) is 4.55. The summed E-state index contributed by atoms with van der Waals surface area (Å²) in [6, 6.07) is 11.2. The maximum atomic E-state index is 13.4. The van der Waals surface area contributed by atoms with Gasteiger partial charge in [0.05, 0.1) is 13.2 Å². The van der Waals surface area contributed by atoms with Crippen molar-refractivity contribution in [3.8, 4) is 16.9 Å². The lowest BCUT2D eigenvalue weighted by Crippen LogP contribution is -2.41. The van der Waals surface area contributed by atoms with E-state index in [0.29, 0.717) is 17.7 Å². The number of benzene rings is 2. The lowest BCUT2D eigenvalue weighted by molar-refractivity contribution is 0.0383. The van der Waals surface area contributed by atoms with Crippen molar-refractivity contribution in [3.63, 3.8) is 0 Å². The Kier molecular flexibility index (Phi) is 5.63. The zero-order valence-electron chi connectivity index (χ0n) is 13.9. The normalized spacial score (nSPS) is 15.1. The zero-order valence-corrected chi connectivity index (χ0v) is 13.9. The first kappa shape index (κ1) is 17.4. The summed E-state index contributed by atoms with van der Waals surface area (Å²) in [7, 11) is 0. The number of hydrogen-bond donors (Lipinski definition) is 2. The number of halogens is 1. The number of amides is 1. The van der Waals surface area contributed by atoms with Gasteiger partial charge in [-0.25, -0.2) is 4.39 Å². The maximum Gasteiger partial charge on any atom is 0.251 e. The fourth-order valence-electron chi connectivity index (χ4n) is 2.75. The standard InChI is InChI=1S/C19H21FN2O3/c20-17-13-16(5-6-18(17)23)14-1-3-15(4-2-14)19(24)21-7-8-22-9-11-25-12-10-22/h1-6,13,23H,7-12H2,(H,21,24). The topological polar surface area (TPSA) is 61.8 Å². The predicted octanol–water partition coefficient (Wildman–Crippen LogP) is 2.26. The van der Waals surface area contributed by atoms with Gasteiger partial charge in [-0.1, -0.05) is 18.2 Å². The van der Waals surface area contributed by atoms with Gasteiger partial charge in [-0.2, -0.15) is 0 Å². The summed E-state index contributed by atoms with van der Waals surface area (Å²) in [6.07, 6.45) is 0. The second-order valence-electron chi connectivity index (χ2n) is 5.95. The van der Waals surface area contributed by atoms with Gasteiger partial charge >= 0.3 is 0 Å². The molecule has 25 heavy (non-hydrogen) atoms. The molecule has 5 nitrogen and oxygen atoms in total. The first-order valence-corrected chi connectivity index (χ1v) is 8.31. The fourth-order valence-corrected chi connectivity index (χ4v) is 2.75. The molecule has 0 spiro atoms. The van der Waals surface area contributed by atoms with Gasteiger partial charge < -0.3 is 15.2 Å². The minimum atomic E-state index is -0.664. The van der Waals surface area contributed by atoms with Gasteiger partial charge in [0.1, 0.15) is 0 Å². The summed E-state index contributed by atoms with van der Waals surface area (Å²) in [5.74, 6) is -1.17. The number of carbonyl (C=O) groups excluding carboxylic acids is 1. The summed E-state index contributed by atoms with van der Waals surface area (Å²) < 4.78 is 18.7. The van der Waals surface area contributed by atoms with E-state index in [4.69, 9.17) is 4.74 Å². The molecule has 0 unspecified atom stereocenters. The monoisotopic (exact) mass is 344 g/mol. The van der Waals surface area contributed by atoms with Gasteiger partial charge in [-0.15, -0.1) is 0 Å². The predicted molar refractivity (Wildman–Crippen MR) is 93.1 cm³/mol. The molecule has 0 radical (unpaired) electrons. The summed E-state index contributed by atoms with van der Waals surface area (Å²) in [6.45, 7) is 4.67. The molecular weight excluding hydrogens is 323 g/mol. The molecular formula is C19H21FN2O3. The van der Waals surface area contributed by atoms with Crippen LogP contribution in [0.3, 0.4) is 0 Å². The summed E-state index contributed by atoms with van der Waals surface area (Å²) in [5, 5.41) is 12.2. The molecule has 0 aromatic heterocycles. The number of carbonyl (C=O) groups is 1. The molecule has 0 atom stereocenters. The van der Waals surface area contributed by atoms with Crippen molar-refractivity contribution in [2.45, 2.75) is 0 Å². The third-order valence-electron chi connectivity index (χ3n) is 4.25. The van der Waals surface area contributed by atoms with Crippen LogP contribution >= 0.6 is 0 Å². The molecule has 1 fully saturated rings. The average Bonchev–Trinajstić information content (AvgIpc) is 2.65. The van der Waals surface area contributed by atoms with Gasteiger partial charge in [0.25, 0.3) is 5.91 Å². The SMILES string of the molecule is O=C(NCCN1CCOCC1)c1ccc(-c2ccc(O)c(F)c2)cc1. The van der Waals surface area contributed by atoms with Crippen LogP contribution in [0.1, 0.15) is 10.4 Å². The number of morpholine rings is 1. The van der Waals surface area contributed by atoms with Crippen LogP contribution in [0.2, 0.25) is 0 Å². The Morgan fingerprint density at radius 3 is 2.48 bits per heavy atom. The van der Waals surface area contributed by atoms with Crippen molar-refractivity contribution < 1.29 is 19.0 Å². The van der Waals surface area contributed by atoms with Crippen LogP contribution in [-0.4, -0.2) is 55.3 Å². The van der Waals surface area contributed by atoms with E-state index in [1.807, 2.05) is 0 Å². The number of ether oxygens (including phenoxy) is 1. The Labute approximate surface area is 146 Å². The highest BCUT2D eigenvalue weighted by Crippen LogP contribution is 2.25. The largest absolute Gasteiger partial charge is 0.505 e. The van der Waals surface area contributed by atoms with E-state index in [1.165, 1.54) is 12.1 Å². The molecule has 2 N–H and O–H groups in total. The molecule has 2 aromatic carbocycles. The van der Waals surface area contributed by atoms with E-state index in [9.17, 15) is 14.3 Å². The van der Waals surface area contributed by atoms with Crippen LogP contribution in [0.5, 0.6) is 5.75 Å². The molecule has 1 amide bonds. The zero-order chi connectivity index (χ0) is 17.6. The molecule has 6 heteroatoms. The molecule has 0 aliphatic carbocycles. The van der Waals surface area contributed by atoms with Gasteiger partial charge in [0.2, 0.25) is 0 Å². The van der Waals surface area contributed by atoms with Crippen molar-refractivity contribution in [3.05, 3.63) is 53.8 Å². The van der Waals surface area contributed by atoms with E-state index in [2.05, 4.69) is 10.2 Å². The first-order chi connectivity index (χ1) is 12.1. The Morgan fingerprint density at radius 2 is 1.80 bits per heavy atom. The molecule has 0 bridgehead atoms. The molecule has 132 valence electrons. The molecule has 1 saturated heterocycles. The number of aromatic hydroxyl groups is 1. The summed E-state index contributed by atoms with van der Waals surface area (Å²) >= 11 is 0. The Hall–Kier alpha value is -2.44. The lowest BCUT2D eigenvalue weighted by Gasteiger charge is -2.26. The Balaban J connectivity index is 1.55. The van der Waals surface area contributed by atoms with Crippen molar-refractivity contribution in [2.24, 2.45) is 0 Å². The van der Waals surface area contributed by atoms with Crippen LogP contribution in [0.15, 0.2) is 42.5 Å². The molecule has 2 aromatic rings. The summed E-state index contributed by atoms with van der Waals surface area (Å²) in [5.41, 5.74) is 1.99. The van der Waals surface area contributed by atoms with Crippen LogP contribution in [0, 0.1) is 5.82 Å². The van der Waals surface area contributed by atoms with Crippen molar-refractivity contribution in [2.75, 3.05) is 39.4 Å². The van der Waals surface area contributed by atoms with Crippen molar-refractivity contribution >= 4 is 5.91 Å². The number of hydrogen-bond acceptors (Lipinski definition) is 4. The highest BCUT2D eigenvalue weighted by molar-refractivity contribution is 5.94. The number of nitrogens with zero attached hydrogens (tertiary/aromatic N) is 1. The van der Waals surface area contributed by atoms with E-state index in [1.54, 1.807) is 30.3 Å². The van der Waals surface area contributed by atoms with Gasteiger partial charge in [0.15, 0.2) is 11.6 Å². The quantitative estimate of drug-likeness (QED) is 0.873. The smallest absolute Gasteiger partial charge is 0.251 e. The third-order valence-corrected chi connectivity index (χ3v) is 4.25. The fraction of sp³-hybridized carbons (Fsp3) is 0.316. The van der Waals surface area contributed by atoms with E-state index in [0.717, 1.165) is 38.4 Å². The van der Waals surface area contributed by atoms with Crippen molar-refractivity contribution in [1.82, 2.24) is 10.2 Å². The van der Waals surface area contributed by atoms with Crippen LogP contribution in [0.25, 0.3) is 11.1 Å². The highest BCUT2D eigenvalue weighted by Gasteiger charge is 2.11. The Bertz CT molecular complexity index is 728. The number of nitrogens with one attached hydrogen (secondary N) is 1. The second-order valence-corrected chi connectivity index (χ2v) is 5.95. The summed E-state index contributed by atoms with van der Waals surface area (Å²) in [4.78, 5) is 14.4. The lowest BCUT2D eigenvalue weighted by atomic mass is 10.0. The van der Waals surface area contributed by atoms with E-state index >= 15 is 0 Å². The molecule has 1 aliphatic rings. The van der Waals surface area contributed by atoms with E-state index < -0.39 is 5.82 Å². The Morgan fingerprint density at radius 1 is 1.12 bits per heavy atom. The minimum absolute atomic E-state index is 0.128. The molecule has 3 rings (SSSR count). The van der Waals surface area contributed by atoms with Crippen LogP contribution in [-0.2, 0) is 4.74 Å². The number of phenolic OH excluding ortho intramolecular Hbond substituents is 1. The first-order valence-electron chi connectivity index (χ1n) is 8.31.